The minimum Gasteiger partial charge on any atom is -0.461 e. The number of halogens is 2. The van der Waals surface area contributed by atoms with Crippen molar-refractivity contribution in [2.75, 3.05) is 44.3 Å². The van der Waals surface area contributed by atoms with Gasteiger partial charge in [-0.2, -0.15) is 9.97 Å². The number of alkyl carbamates (subject to hydrolysis) is 1. The van der Waals surface area contributed by atoms with Crippen LogP contribution in [0.5, 0.6) is 11.8 Å². The molecule has 1 unspecified atom stereocenters. The SMILES string of the molecule is Cc1ncc(Cl)c(C)c1C(=O)Oc1cc2c3c(cccc3c1)CCCOC(=O)NC1(C)CCCN(C1)c1nc(OCC34CCCN3CCC4)nc3c(F)c-2ncc13. The Kier molecular flexibility index (Phi) is 9.63. The number of hydrogen-bond donors (Lipinski definition) is 1. The summed E-state index contributed by atoms with van der Waals surface area (Å²) in [4.78, 5) is 50.2. The molecule has 5 aliphatic rings. The molecule has 3 fully saturated rings. The summed E-state index contributed by atoms with van der Waals surface area (Å²) in [6.45, 7) is 9.16. The molecular formula is C43H45ClFN7O5. The lowest BCUT2D eigenvalue weighted by atomic mass is 9.91. The Balaban J connectivity index is 1.21. The first kappa shape index (κ1) is 37.4. The zero-order valence-electron chi connectivity index (χ0n) is 32.4. The summed E-state index contributed by atoms with van der Waals surface area (Å²) < 4.78 is 35.8. The molecule has 10 rings (SSSR count). The van der Waals surface area contributed by atoms with Crippen molar-refractivity contribution >= 4 is 51.2 Å². The van der Waals surface area contributed by atoms with E-state index < -0.39 is 23.4 Å². The number of carbonyl (C=O) groups excluding carboxylic acids is 2. The van der Waals surface area contributed by atoms with E-state index in [0.717, 1.165) is 62.6 Å². The fourth-order valence-corrected chi connectivity index (χ4v) is 9.65. The summed E-state index contributed by atoms with van der Waals surface area (Å²) in [5.74, 6) is -0.597. The highest BCUT2D eigenvalue weighted by Gasteiger charge is 2.45. The predicted octanol–water partition coefficient (Wildman–Crippen LogP) is 7.91. The van der Waals surface area contributed by atoms with Gasteiger partial charge >= 0.3 is 18.1 Å². The molecule has 14 heteroatoms. The summed E-state index contributed by atoms with van der Waals surface area (Å²) in [6, 6.07) is 9.24. The molecule has 0 saturated carbocycles. The second kappa shape index (κ2) is 14.7. The van der Waals surface area contributed by atoms with Gasteiger partial charge in [-0.05, 0) is 119 Å². The molecule has 3 saturated heterocycles. The molecule has 5 aliphatic heterocycles. The third-order valence-electron chi connectivity index (χ3n) is 12.3. The van der Waals surface area contributed by atoms with E-state index in [4.69, 9.17) is 40.8 Å². The van der Waals surface area contributed by atoms with Crippen LogP contribution in [0.25, 0.3) is 32.9 Å². The second-order valence-corrected chi connectivity index (χ2v) is 16.6. The number of esters is 1. The summed E-state index contributed by atoms with van der Waals surface area (Å²) in [5.41, 5.74) is 2.00. The molecule has 57 heavy (non-hydrogen) atoms. The number of benzene rings is 2. The van der Waals surface area contributed by atoms with E-state index in [1.165, 1.54) is 6.20 Å². The lowest BCUT2D eigenvalue weighted by Gasteiger charge is -2.41. The Morgan fingerprint density at radius 3 is 2.67 bits per heavy atom. The molecule has 296 valence electrons. The molecule has 3 aromatic heterocycles. The molecule has 1 amide bonds. The van der Waals surface area contributed by atoms with Gasteiger partial charge in [-0.3, -0.25) is 14.9 Å². The van der Waals surface area contributed by atoms with Crippen LogP contribution in [0.4, 0.5) is 15.0 Å². The minimum atomic E-state index is -0.645. The number of nitrogens with one attached hydrogen (secondary N) is 1. The fourth-order valence-electron chi connectivity index (χ4n) is 9.50. The zero-order valence-corrected chi connectivity index (χ0v) is 33.2. The average molecular weight is 794 g/mol. The standard InChI is InChI=1S/C43H45ClFN7O5/c1-25-32(44)22-46-26(2)33(25)39(53)57-29-19-28-10-4-9-27-11-5-18-55-41(54)50-42(3)12-6-15-51(23-42)38-31-21-47-36(30(20-29)34(27)28)35(45)37(31)48-40(49-38)56-24-43-13-7-16-52(43)17-8-14-43/h4,9-10,19-22H,5-8,11-18,23-24H2,1-3H3,(H,50,54). The minimum absolute atomic E-state index is 0.0440. The highest BCUT2D eigenvalue weighted by Crippen LogP contribution is 2.42. The molecule has 1 N–H and O–H groups in total. The number of piperidine rings is 1. The first-order chi connectivity index (χ1) is 27.5. The van der Waals surface area contributed by atoms with E-state index >= 15 is 4.39 Å². The monoisotopic (exact) mass is 793 g/mol. The summed E-state index contributed by atoms with van der Waals surface area (Å²) in [6.07, 6.45) is 9.45. The van der Waals surface area contributed by atoms with E-state index in [9.17, 15) is 9.59 Å². The third kappa shape index (κ3) is 6.88. The van der Waals surface area contributed by atoms with Crippen molar-refractivity contribution in [1.82, 2.24) is 30.2 Å². The summed E-state index contributed by atoms with van der Waals surface area (Å²) in [7, 11) is 0. The number of fused-ring (bicyclic) bond motifs is 7. The van der Waals surface area contributed by atoms with Crippen LogP contribution in [-0.2, 0) is 11.2 Å². The molecular weight excluding hydrogens is 749 g/mol. The molecule has 5 aromatic rings. The van der Waals surface area contributed by atoms with Gasteiger partial charge in [0.2, 0.25) is 0 Å². The van der Waals surface area contributed by atoms with Gasteiger partial charge in [0.05, 0.1) is 39.4 Å². The van der Waals surface area contributed by atoms with Crippen molar-refractivity contribution in [2.45, 2.75) is 83.2 Å². The van der Waals surface area contributed by atoms with E-state index in [2.05, 4.69) is 20.1 Å². The molecule has 2 aromatic carbocycles. The topological polar surface area (TPSA) is 132 Å². The molecule has 6 bridgehead atoms. The predicted molar refractivity (Wildman–Crippen MR) is 215 cm³/mol. The van der Waals surface area contributed by atoms with Gasteiger partial charge in [0.1, 0.15) is 29.4 Å². The summed E-state index contributed by atoms with van der Waals surface area (Å²) >= 11 is 6.35. The Morgan fingerprint density at radius 1 is 1.04 bits per heavy atom. The maximum Gasteiger partial charge on any atom is 0.407 e. The molecule has 0 radical (unpaired) electrons. The number of hydrogen-bond acceptors (Lipinski definition) is 11. The number of rotatable bonds is 5. The van der Waals surface area contributed by atoms with Crippen LogP contribution in [0.3, 0.4) is 0 Å². The van der Waals surface area contributed by atoms with Crippen molar-refractivity contribution in [3.63, 3.8) is 0 Å². The van der Waals surface area contributed by atoms with Crippen molar-refractivity contribution in [2.24, 2.45) is 0 Å². The number of aryl methyl sites for hydroxylation is 2. The van der Waals surface area contributed by atoms with Crippen LogP contribution in [0.2, 0.25) is 5.02 Å². The van der Waals surface area contributed by atoms with E-state index in [0.29, 0.717) is 71.0 Å². The van der Waals surface area contributed by atoms with Crippen LogP contribution in [0.1, 0.15) is 79.0 Å². The summed E-state index contributed by atoms with van der Waals surface area (Å²) in [5, 5.41) is 5.32. The van der Waals surface area contributed by atoms with Crippen molar-refractivity contribution in [1.29, 1.82) is 0 Å². The quantitative estimate of drug-likeness (QED) is 0.138. The molecule has 0 spiro atoms. The van der Waals surface area contributed by atoms with Crippen LogP contribution >= 0.6 is 11.6 Å². The zero-order chi connectivity index (χ0) is 39.5. The highest BCUT2D eigenvalue weighted by molar-refractivity contribution is 6.31. The van der Waals surface area contributed by atoms with Crippen LogP contribution in [-0.4, -0.2) is 87.4 Å². The van der Waals surface area contributed by atoms with Crippen LogP contribution < -0.4 is 19.7 Å². The van der Waals surface area contributed by atoms with E-state index in [1.54, 1.807) is 32.2 Å². The molecule has 1 atom stereocenters. The third-order valence-corrected chi connectivity index (χ3v) is 12.7. The Hall–Kier alpha value is -5.14. The van der Waals surface area contributed by atoms with Crippen LogP contribution in [0.15, 0.2) is 42.7 Å². The lowest BCUT2D eigenvalue weighted by molar-refractivity contribution is 0.0733. The van der Waals surface area contributed by atoms with Gasteiger partial charge in [0, 0.05) is 31.0 Å². The average Bonchev–Trinajstić information content (AvgIpc) is 3.77. The number of anilines is 1. The van der Waals surface area contributed by atoms with Gasteiger partial charge in [-0.25, -0.2) is 14.0 Å². The van der Waals surface area contributed by atoms with Gasteiger partial charge in [-0.15, -0.1) is 0 Å². The normalized spacial score (nSPS) is 20.7. The molecule has 12 nitrogen and oxygen atoms in total. The van der Waals surface area contributed by atoms with Crippen molar-refractivity contribution < 1.29 is 28.2 Å². The smallest absolute Gasteiger partial charge is 0.407 e. The number of pyridine rings is 2. The van der Waals surface area contributed by atoms with Gasteiger partial charge in [-0.1, -0.05) is 29.8 Å². The molecule has 8 heterocycles. The highest BCUT2D eigenvalue weighted by atomic mass is 35.5. The van der Waals surface area contributed by atoms with Gasteiger partial charge in [0.25, 0.3) is 0 Å². The molecule has 0 aliphatic carbocycles. The van der Waals surface area contributed by atoms with Crippen LogP contribution in [0, 0.1) is 19.7 Å². The first-order valence-electron chi connectivity index (χ1n) is 19.8. The lowest BCUT2D eigenvalue weighted by Crippen LogP contribution is -2.57. The first-order valence-corrected chi connectivity index (χ1v) is 20.2. The second-order valence-electron chi connectivity index (χ2n) is 16.2. The fraction of sp³-hybridized carbons (Fsp3) is 0.442. The van der Waals surface area contributed by atoms with E-state index in [-0.39, 0.29) is 40.7 Å². The number of carbonyl (C=O) groups is 2. The number of nitrogens with zero attached hydrogens (tertiary/aromatic N) is 6. The maximum atomic E-state index is 17.6. The van der Waals surface area contributed by atoms with Crippen molar-refractivity contribution in [3.8, 4) is 23.0 Å². The Bertz CT molecular complexity index is 2440. The Labute approximate surface area is 335 Å². The van der Waals surface area contributed by atoms with Crippen molar-refractivity contribution in [3.05, 3.63) is 75.9 Å². The number of amides is 1. The number of ether oxygens (including phenoxy) is 3. The van der Waals surface area contributed by atoms with E-state index in [1.807, 2.05) is 25.1 Å². The van der Waals surface area contributed by atoms with Gasteiger partial charge in [0.15, 0.2) is 5.82 Å². The largest absolute Gasteiger partial charge is 0.461 e. The maximum absolute atomic E-state index is 17.6. The van der Waals surface area contributed by atoms with Gasteiger partial charge < -0.3 is 24.4 Å². The number of aromatic nitrogens is 4. The Morgan fingerprint density at radius 2 is 1.84 bits per heavy atom.